The van der Waals surface area contributed by atoms with E-state index in [0.717, 1.165) is 72.7 Å². The Labute approximate surface area is 215 Å². The van der Waals surface area contributed by atoms with Gasteiger partial charge in [0.15, 0.2) is 5.65 Å². The molecule has 4 aromatic rings. The highest BCUT2D eigenvalue weighted by Crippen LogP contribution is 2.32. The van der Waals surface area contributed by atoms with Gasteiger partial charge in [-0.3, -0.25) is 4.79 Å². The zero-order valence-corrected chi connectivity index (χ0v) is 20.7. The van der Waals surface area contributed by atoms with E-state index in [1.54, 1.807) is 0 Å². The molecule has 2 aromatic heterocycles. The summed E-state index contributed by atoms with van der Waals surface area (Å²) in [6, 6.07) is 20.0. The summed E-state index contributed by atoms with van der Waals surface area (Å²) in [6.07, 6.45) is 5.86. The maximum Gasteiger partial charge on any atom is 0.251 e. The summed E-state index contributed by atoms with van der Waals surface area (Å²) >= 11 is 0. The van der Waals surface area contributed by atoms with Crippen LogP contribution in [-0.2, 0) is 4.74 Å². The smallest absolute Gasteiger partial charge is 0.251 e. The van der Waals surface area contributed by atoms with Gasteiger partial charge in [-0.1, -0.05) is 24.3 Å². The van der Waals surface area contributed by atoms with E-state index in [1.165, 1.54) is 0 Å². The second-order valence-electron chi connectivity index (χ2n) is 9.76. The molecule has 0 bridgehead atoms. The number of anilines is 1. The molecule has 0 radical (unpaired) electrons. The topological polar surface area (TPSA) is 95.5 Å². The largest absolute Gasteiger partial charge is 0.381 e. The van der Waals surface area contributed by atoms with Gasteiger partial charge in [-0.15, -0.1) is 0 Å². The summed E-state index contributed by atoms with van der Waals surface area (Å²) in [5.41, 5.74) is 6.53. The lowest BCUT2D eigenvalue weighted by Crippen LogP contribution is -2.37. The maximum atomic E-state index is 12.4. The minimum Gasteiger partial charge on any atom is -0.381 e. The van der Waals surface area contributed by atoms with E-state index in [0.29, 0.717) is 23.2 Å². The van der Waals surface area contributed by atoms with Crippen LogP contribution < -0.4 is 10.2 Å². The molecule has 8 nitrogen and oxygen atoms in total. The van der Waals surface area contributed by atoms with Crippen molar-refractivity contribution in [2.24, 2.45) is 0 Å². The lowest BCUT2D eigenvalue weighted by Gasteiger charge is -2.33. The van der Waals surface area contributed by atoms with Crippen LogP contribution in [0.2, 0.25) is 0 Å². The number of hydrogen-bond donors (Lipinski definition) is 1. The Balaban J connectivity index is 1.42. The van der Waals surface area contributed by atoms with Crippen molar-refractivity contribution in [2.75, 3.05) is 25.2 Å². The van der Waals surface area contributed by atoms with Crippen LogP contribution in [-0.4, -0.2) is 52.9 Å². The number of rotatable bonds is 6. The van der Waals surface area contributed by atoms with E-state index in [9.17, 15) is 10.1 Å². The highest BCUT2D eigenvalue weighted by Gasteiger charge is 2.25. The fourth-order valence-corrected chi connectivity index (χ4v) is 4.82. The molecule has 1 amide bonds. The summed E-state index contributed by atoms with van der Waals surface area (Å²) in [5, 5.41) is 17.2. The fraction of sp³-hybridized carbons (Fsp3) is 0.310. The molecular formula is C29H28N6O2. The SMILES string of the molecule is CN(c1cc(-c2ccc(C#N)cc2)nn2c(-c3ccc(C(=O)NC4CC4)cc3)cnc12)C1CCOCC1. The standard InChI is InChI=1S/C29H28N6O2/c1-34(24-12-14-37-15-13-24)26-16-25(20-4-2-19(17-30)3-5-20)33-35-27(18-31-28(26)35)21-6-8-22(9-7-21)29(36)32-23-10-11-23/h2-9,16,18,23-24H,10-15H2,1H3,(H,32,36). The number of aromatic nitrogens is 3. The Morgan fingerprint density at radius 3 is 2.43 bits per heavy atom. The van der Waals surface area contributed by atoms with E-state index in [2.05, 4.69) is 29.4 Å². The number of amides is 1. The van der Waals surface area contributed by atoms with Gasteiger partial charge in [0.1, 0.15) is 0 Å². The zero-order chi connectivity index (χ0) is 25.4. The molecule has 1 saturated heterocycles. The molecule has 6 rings (SSSR count). The molecule has 2 fully saturated rings. The second kappa shape index (κ2) is 9.68. The Morgan fingerprint density at radius 2 is 1.76 bits per heavy atom. The average molecular weight is 493 g/mol. The number of nitrogens with zero attached hydrogens (tertiary/aromatic N) is 5. The van der Waals surface area contributed by atoms with Gasteiger partial charge < -0.3 is 15.0 Å². The Morgan fingerprint density at radius 1 is 1.05 bits per heavy atom. The molecule has 2 aromatic carbocycles. The number of carbonyl (C=O) groups is 1. The van der Waals surface area contributed by atoms with Gasteiger partial charge >= 0.3 is 0 Å². The molecule has 1 aliphatic heterocycles. The Bertz CT molecular complexity index is 1480. The second-order valence-corrected chi connectivity index (χ2v) is 9.76. The van der Waals surface area contributed by atoms with Gasteiger partial charge in [-0.2, -0.15) is 10.4 Å². The minimum atomic E-state index is -0.0335. The van der Waals surface area contributed by atoms with Crippen molar-refractivity contribution in [3.63, 3.8) is 0 Å². The van der Waals surface area contributed by atoms with Crippen LogP contribution >= 0.6 is 0 Å². The predicted molar refractivity (Wildman–Crippen MR) is 141 cm³/mol. The molecule has 0 atom stereocenters. The average Bonchev–Trinajstić information content (AvgIpc) is 3.67. The van der Waals surface area contributed by atoms with Crippen LogP contribution in [0.15, 0.2) is 60.8 Å². The first-order chi connectivity index (χ1) is 18.1. The van der Waals surface area contributed by atoms with Crippen LogP contribution in [0.25, 0.3) is 28.2 Å². The molecule has 37 heavy (non-hydrogen) atoms. The lowest BCUT2D eigenvalue weighted by atomic mass is 10.1. The molecule has 0 unspecified atom stereocenters. The molecule has 1 N–H and O–H groups in total. The van der Waals surface area contributed by atoms with Crippen molar-refractivity contribution < 1.29 is 9.53 Å². The number of ether oxygens (including phenoxy) is 1. The van der Waals surface area contributed by atoms with Crippen molar-refractivity contribution >= 4 is 17.2 Å². The fourth-order valence-electron chi connectivity index (χ4n) is 4.82. The van der Waals surface area contributed by atoms with Crippen LogP contribution in [0.1, 0.15) is 41.6 Å². The highest BCUT2D eigenvalue weighted by molar-refractivity contribution is 5.95. The molecule has 3 heterocycles. The van der Waals surface area contributed by atoms with Crippen molar-refractivity contribution in [3.05, 3.63) is 71.9 Å². The van der Waals surface area contributed by atoms with Gasteiger partial charge in [-0.05, 0) is 56.0 Å². The molecular weight excluding hydrogens is 464 g/mol. The van der Waals surface area contributed by atoms with E-state index < -0.39 is 0 Å². The van der Waals surface area contributed by atoms with Crippen LogP contribution in [0.3, 0.4) is 0 Å². The minimum absolute atomic E-state index is 0.0335. The van der Waals surface area contributed by atoms with E-state index >= 15 is 0 Å². The van der Waals surface area contributed by atoms with Gasteiger partial charge in [0.05, 0.1) is 34.9 Å². The highest BCUT2D eigenvalue weighted by atomic mass is 16.5. The van der Waals surface area contributed by atoms with Crippen molar-refractivity contribution in [2.45, 2.75) is 37.8 Å². The molecule has 0 spiro atoms. The lowest BCUT2D eigenvalue weighted by molar-refractivity contribution is 0.0855. The van der Waals surface area contributed by atoms with Gasteiger partial charge in [0, 0.05) is 49.0 Å². The van der Waals surface area contributed by atoms with Gasteiger partial charge in [0.2, 0.25) is 0 Å². The number of benzene rings is 2. The number of fused-ring (bicyclic) bond motifs is 1. The summed E-state index contributed by atoms with van der Waals surface area (Å²) in [4.78, 5) is 19.5. The molecule has 8 heteroatoms. The molecule has 186 valence electrons. The van der Waals surface area contributed by atoms with Crippen LogP contribution in [0, 0.1) is 11.3 Å². The number of carbonyl (C=O) groups excluding carboxylic acids is 1. The van der Waals surface area contributed by atoms with Crippen LogP contribution in [0.4, 0.5) is 5.69 Å². The summed E-state index contributed by atoms with van der Waals surface area (Å²) in [6.45, 7) is 1.50. The predicted octanol–water partition coefficient (Wildman–Crippen LogP) is 4.44. The quantitative estimate of drug-likeness (QED) is 0.428. The first kappa shape index (κ1) is 23.2. The Kier molecular flexibility index (Phi) is 6.07. The molecule has 1 saturated carbocycles. The molecule has 1 aliphatic carbocycles. The normalized spacial score (nSPS) is 15.9. The zero-order valence-electron chi connectivity index (χ0n) is 20.7. The third-order valence-corrected chi connectivity index (χ3v) is 7.23. The number of nitriles is 1. The van der Waals surface area contributed by atoms with Gasteiger partial charge in [-0.25, -0.2) is 9.50 Å². The number of imidazole rings is 1. The van der Waals surface area contributed by atoms with Crippen molar-refractivity contribution in [1.29, 1.82) is 5.26 Å². The van der Waals surface area contributed by atoms with E-state index in [-0.39, 0.29) is 5.91 Å². The third-order valence-electron chi connectivity index (χ3n) is 7.23. The van der Waals surface area contributed by atoms with E-state index in [4.69, 9.17) is 14.8 Å². The number of nitrogens with one attached hydrogen (secondary N) is 1. The number of hydrogen-bond acceptors (Lipinski definition) is 6. The first-order valence-electron chi connectivity index (χ1n) is 12.7. The van der Waals surface area contributed by atoms with E-state index in [1.807, 2.05) is 59.2 Å². The Hall–Kier alpha value is -4.22. The van der Waals surface area contributed by atoms with Gasteiger partial charge in [0.25, 0.3) is 5.91 Å². The van der Waals surface area contributed by atoms with Crippen molar-refractivity contribution in [3.8, 4) is 28.6 Å². The monoisotopic (exact) mass is 492 g/mol. The maximum absolute atomic E-state index is 12.4. The summed E-state index contributed by atoms with van der Waals surface area (Å²) in [5.74, 6) is -0.0335. The first-order valence-corrected chi connectivity index (χ1v) is 12.7. The summed E-state index contributed by atoms with van der Waals surface area (Å²) < 4.78 is 7.47. The summed E-state index contributed by atoms with van der Waals surface area (Å²) in [7, 11) is 2.11. The third kappa shape index (κ3) is 4.66. The molecule has 2 aliphatic rings. The van der Waals surface area contributed by atoms with Crippen molar-refractivity contribution in [1.82, 2.24) is 19.9 Å². The van der Waals surface area contributed by atoms with Crippen LogP contribution in [0.5, 0.6) is 0 Å².